The summed E-state index contributed by atoms with van der Waals surface area (Å²) in [5.41, 5.74) is 0.185. The molecule has 0 radical (unpaired) electrons. The number of ether oxygens (including phenoxy) is 2. The lowest BCUT2D eigenvalue weighted by Crippen LogP contribution is -2.48. The third kappa shape index (κ3) is 5.68. The Bertz CT molecular complexity index is 825. The number of rotatable bonds is 5. The van der Waals surface area contributed by atoms with Crippen LogP contribution in [0.25, 0.3) is 0 Å². The normalized spacial score (nSPS) is 16.6. The minimum Gasteiger partial charge on any atom is -0.486 e. The van der Waals surface area contributed by atoms with Crippen molar-refractivity contribution in [2.24, 2.45) is 11.3 Å². The van der Waals surface area contributed by atoms with Gasteiger partial charge in [0.1, 0.15) is 13.2 Å². The number of piperidine rings is 1. The maximum Gasteiger partial charge on any atom is 0.243 e. The molecule has 2 aliphatic heterocycles. The molecule has 0 aromatic heterocycles. The van der Waals surface area contributed by atoms with Crippen LogP contribution in [0, 0.1) is 11.3 Å². The number of fused-ring (bicyclic) bond motifs is 1. The van der Waals surface area contributed by atoms with Gasteiger partial charge in [-0.15, -0.1) is 0 Å². The summed E-state index contributed by atoms with van der Waals surface area (Å²) in [5.74, 6) is 0.931. The van der Waals surface area contributed by atoms with E-state index in [9.17, 15) is 14.4 Å². The maximum absolute atomic E-state index is 13.0. The Balaban J connectivity index is 1.53. The van der Waals surface area contributed by atoms with Crippen molar-refractivity contribution in [3.05, 3.63) is 18.2 Å². The molecule has 8 nitrogen and oxygen atoms in total. The van der Waals surface area contributed by atoms with Crippen LogP contribution in [0.4, 0.5) is 5.69 Å². The topological polar surface area (TPSA) is 88.2 Å². The van der Waals surface area contributed by atoms with E-state index in [-0.39, 0.29) is 30.2 Å². The van der Waals surface area contributed by atoms with E-state index in [0.29, 0.717) is 62.9 Å². The molecule has 31 heavy (non-hydrogen) atoms. The first-order valence-electron chi connectivity index (χ1n) is 11.0. The molecule has 1 fully saturated rings. The molecule has 0 spiro atoms. The summed E-state index contributed by atoms with van der Waals surface area (Å²) in [6.07, 6.45) is 1.25. The van der Waals surface area contributed by atoms with Gasteiger partial charge in [-0.1, -0.05) is 20.8 Å². The number of nitrogens with zero attached hydrogens (tertiary/aromatic N) is 2. The van der Waals surface area contributed by atoms with Crippen molar-refractivity contribution in [2.45, 2.75) is 40.5 Å². The molecule has 1 aromatic rings. The second-order valence-corrected chi connectivity index (χ2v) is 9.08. The molecular formula is C23H33N3O5. The quantitative estimate of drug-likeness (QED) is 0.774. The number of benzene rings is 1. The van der Waals surface area contributed by atoms with E-state index < -0.39 is 5.41 Å². The highest BCUT2D eigenvalue weighted by atomic mass is 16.6. The van der Waals surface area contributed by atoms with Crippen LogP contribution >= 0.6 is 0 Å². The smallest absolute Gasteiger partial charge is 0.243 e. The number of amides is 3. The lowest BCUT2D eigenvalue weighted by molar-refractivity contribution is -0.145. The highest BCUT2D eigenvalue weighted by Crippen LogP contribution is 2.32. The van der Waals surface area contributed by atoms with Crippen LogP contribution in [0.2, 0.25) is 0 Å². The molecule has 3 rings (SSSR count). The zero-order valence-corrected chi connectivity index (χ0v) is 18.9. The first kappa shape index (κ1) is 22.9. The van der Waals surface area contributed by atoms with Crippen molar-refractivity contribution >= 4 is 23.4 Å². The summed E-state index contributed by atoms with van der Waals surface area (Å²) in [7, 11) is 0. The third-order valence-corrected chi connectivity index (χ3v) is 5.63. The van der Waals surface area contributed by atoms with E-state index in [1.807, 2.05) is 32.6 Å². The molecule has 2 heterocycles. The molecule has 0 atom stereocenters. The summed E-state index contributed by atoms with van der Waals surface area (Å²) < 4.78 is 11.0. The number of carbonyl (C=O) groups excluding carboxylic acids is 3. The fraction of sp³-hybridized carbons (Fsp3) is 0.609. The van der Waals surface area contributed by atoms with E-state index in [0.717, 1.165) is 0 Å². The standard InChI is InChI=1S/C23H33N3O5/c1-5-25(21(28)16-8-10-26(11-9-16)22(29)23(2,3)4)15-20(27)24-17-6-7-18-19(14-17)31-13-12-30-18/h6-7,14,16H,5,8-13,15H2,1-4H3,(H,24,27). The zero-order valence-electron chi connectivity index (χ0n) is 18.9. The van der Waals surface area contributed by atoms with Crippen LogP contribution < -0.4 is 14.8 Å². The molecule has 2 aliphatic rings. The number of anilines is 1. The van der Waals surface area contributed by atoms with Gasteiger partial charge in [0.05, 0.1) is 6.54 Å². The molecule has 1 aromatic carbocycles. The van der Waals surface area contributed by atoms with Crippen LogP contribution in [0.1, 0.15) is 40.5 Å². The first-order valence-corrected chi connectivity index (χ1v) is 11.0. The molecule has 1 N–H and O–H groups in total. The molecular weight excluding hydrogens is 398 g/mol. The minimum absolute atomic E-state index is 0.00902. The van der Waals surface area contributed by atoms with E-state index >= 15 is 0 Å². The van der Waals surface area contributed by atoms with Crippen LogP contribution in [-0.2, 0) is 14.4 Å². The van der Waals surface area contributed by atoms with Gasteiger partial charge >= 0.3 is 0 Å². The Kier molecular flexibility index (Phi) is 7.08. The number of likely N-dealkylation sites (N-methyl/N-ethyl adjacent to an activating group) is 1. The molecule has 8 heteroatoms. The van der Waals surface area contributed by atoms with Crippen molar-refractivity contribution < 1.29 is 23.9 Å². The van der Waals surface area contributed by atoms with Crippen molar-refractivity contribution in [1.82, 2.24) is 9.80 Å². The van der Waals surface area contributed by atoms with Gasteiger partial charge in [-0.3, -0.25) is 14.4 Å². The monoisotopic (exact) mass is 431 g/mol. The molecule has 170 valence electrons. The number of hydrogen-bond acceptors (Lipinski definition) is 5. The Labute approximate surface area is 183 Å². The molecule has 0 saturated carbocycles. The zero-order chi connectivity index (χ0) is 22.6. The summed E-state index contributed by atoms with van der Waals surface area (Å²) in [4.78, 5) is 41.4. The van der Waals surface area contributed by atoms with E-state index in [1.165, 1.54) is 0 Å². The lowest BCUT2D eigenvalue weighted by Gasteiger charge is -2.36. The van der Waals surface area contributed by atoms with E-state index in [1.54, 1.807) is 23.1 Å². The Morgan fingerprint density at radius 2 is 1.74 bits per heavy atom. The molecule has 1 saturated heterocycles. The van der Waals surface area contributed by atoms with Gasteiger partial charge in [0.15, 0.2) is 11.5 Å². The Morgan fingerprint density at radius 1 is 1.10 bits per heavy atom. The molecule has 0 bridgehead atoms. The van der Waals surface area contributed by atoms with Gasteiger partial charge in [-0.2, -0.15) is 0 Å². The highest BCUT2D eigenvalue weighted by molar-refractivity contribution is 5.95. The van der Waals surface area contributed by atoms with Gasteiger partial charge in [0, 0.05) is 42.7 Å². The fourth-order valence-corrected chi connectivity index (χ4v) is 3.90. The summed E-state index contributed by atoms with van der Waals surface area (Å²) in [6.45, 7) is 10.2. The number of hydrogen-bond donors (Lipinski definition) is 1. The van der Waals surface area contributed by atoms with Crippen molar-refractivity contribution in [3.8, 4) is 11.5 Å². The molecule has 0 unspecified atom stereocenters. The Hall–Kier alpha value is -2.77. The second kappa shape index (κ2) is 9.58. The lowest BCUT2D eigenvalue weighted by atomic mass is 9.90. The average molecular weight is 432 g/mol. The van der Waals surface area contributed by atoms with Crippen LogP contribution in [-0.4, -0.2) is 66.9 Å². The first-order chi connectivity index (χ1) is 14.7. The average Bonchev–Trinajstić information content (AvgIpc) is 2.76. The largest absolute Gasteiger partial charge is 0.486 e. The predicted octanol–water partition coefficient (Wildman–Crippen LogP) is 2.53. The summed E-state index contributed by atoms with van der Waals surface area (Å²) in [6, 6.07) is 5.25. The fourth-order valence-electron chi connectivity index (χ4n) is 3.90. The molecule has 0 aliphatic carbocycles. The summed E-state index contributed by atoms with van der Waals surface area (Å²) in [5, 5.41) is 2.83. The van der Waals surface area contributed by atoms with Gasteiger partial charge in [0.25, 0.3) is 0 Å². The minimum atomic E-state index is -0.418. The molecule has 3 amide bonds. The number of nitrogens with one attached hydrogen (secondary N) is 1. The van der Waals surface area contributed by atoms with Gasteiger partial charge in [-0.25, -0.2) is 0 Å². The van der Waals surface area contributed by atoms with Crippen molar-refractivity contribution in [2.75, 3.05) is 44.7 Å². The second-order valence-electron chi connectivity index (χ2n) is 9.08. The van der Waals surface area contributed by atoms with Crippen LogP contribution in [0.3, 0.4) is 0 Å². The van der Waals surface area contributed by atoms with E-state index in [4.69, 9.17) is 9.47 Å². The van der Waals surface area contributed by atoms with Gasteiger partial charge in [0.2, 0.25) is 17.7 Å². The van der Waals surface area contributed by atoms with E-state index in [2.05, 4.69) is 5.32 Å². The maximum atomic E-state index is 13.0. The number of carbonyl (C=O) groups is 3. The SMILES string of the molecule is CCN(CC(=O)Nc1ccc2c(c1)OCCO2)C(=O)C1CCN(C(=O)C(C)(C)C)CC1. The third-order valence-electron chi connectivity index (χ3n) is 5.63. The van der Waals surface area contributed by atoms with Crippen LogP contribution in [0.15, 0.2) is 18.2 Å². The number of likely N-dealkylation sites (tertiary alicyclic amines) is 1. The Morgan fingerprint density at radius 3 is 2.35 bits per heavy atom. The van der Waals surface area contributed by atoms with Crippen molar-refractivity contribution in [1.29, 1.82) is 0 Å². The summed E-state index contributed by atoms with van der Waals surface area (Å²) >= 11 is 0. The van der Waals surface area contributed by atoms with Crippen LogP contribution in [0.5, 0.6) is 11.5 Å². The van der Waals surface area contributed by atoms with Crippen molar-refractivity contribution in [3.63, 3.8) is 0 Å². The van der Waals surface area contributed by atoms with Gasteiger partial charge in [-0.05, 0) is 31.9 Å². The highest BCUT2D eigenvalue weighted by Gasteiger charge is 2.34. The predicted molar refractivity (Wildman–Crippen MR) is 117 cm³/mol. The van der Waals surface area contributed by atoms with Gasteiger partial charge < -0.3 is 24.6 Å².